The fraction of sp³-hybridized carbons (Fsp3) is 0.474. The van der Waals surface area contributed by atoms with Crippen molar-refractivity contribution >= 4 is 11.6 Å². The average Bonchev–Trinajstić information content (AvgIpc) is 3.13. The first-order valence-corrected chi connectivity index (χ1v) is 8.81. The summed E-state index contributed by atoms with van der Waals surface area (Å²) in [5.41, 5.74) is 2.85. The standard InChI is InChI=1S/C19H24N4O/c1-14-21-18(20-12-17-7-4-10-24-17)11-19(22-14)23-9-8-15-5-2-3-6-16(15)13-23/h2-3,5-6,11,17H,4,7-10,12-13H2,1H3,(H,20,21,22). The molecule has 0 spiro atoms. The van der Waals surface area contributed by atoms with Gasteiger partial charge in [0.2, 0.25) is 0 Å². The number of rotatable bonds is 4. The van der Waals surface area contributed by atoms with Gasteiger partial charge in [-0.05, 0) is 37.3 Å². The Hall–Kier alpha value is -2.14. The van der Waals surface area contributed by atoms with Crippen molar-refractivity contribution < 1.29 is 4.74 Å². The molecule has 1 fully saturated rings. The van der Waals surface area contributed by atoms with E-state index in [1.807, 2.05) is 6.92 Å². The number of aromatic nitrogens is 2. The number of aryl methyl sites for hydroxylation is 1. The highest BCUT2D eigenvalue weighted by Gasteiger charge is 2.19. The molecule has 2 aliphatic rings. The van der Waals surface area contributed by atoms with Gasteiger partial charge >= 0.3 is 0 Å². The van der Waals surface area contributed by atoms with E-state index >= 15 is 0 Å². The van der Waals surface area contributed by atoms with Gasteiger partial charge in [-0.2, -0.15) is 0 Å². The Kier molecular flexibility index (Phi) is 4.34. The van der Waals surface area contributed by atoms with Crippen molar-refractivity contribution in [1.82, 2.24) is 9.97 Å². The predicted octanol–water partition coefficient (Wildman–Crippen LogP) is 2.94. The van der Waals surface area contributed by atoms with E-state index in [4.69, 9.17) is 4.74 Å². The van der Waals surface area contributed by atoms with Gasteiger partial charge in [-0.15, -0.1) is 0 Å². The van der Waals surface area contributed by atoms with Crippen molar-refractivity contribution in [2.75, 3.05) is 29.9 Å². The molecule has 1 aromatic heterocycles. The van der Waals surface area contributed by atoms with Crippen LogP contribution in [-0.2, 0) is 17.7 Å². The van der Waals surface area contributed by atoms with E-state index < -0.39 is 0 Å². The number of fused-ring (bicyclic) bond motifs is 1. The van der Waals surface area contributed by atoms with Crippen molar-refractivity contribution in [2.24, 2.45) is 0 Å². The smallest absolute Gasteiger partial charge is 0.134 e. The van der Waals surface area contributed by atoms with E-state index in [0.29, 0.717) is 6.10 Å². The molecular weight excluding hydrogens is 300 g/mol. The van der Waals surface area contributed by atoms with Crippen molar-refractivity contribution in [3.8, 4) is 0 Å². The first-order valence-electron chi connectivity index (χ1n) is 8.81. The highest BCUT2D eigenvalue weighted by molar-refractivity contribution is 5.51. The highest BCUT2D eigenvalue weighted by atomic mass is 16.5. The summed E-state index contributed by atoms with van der Waals surface area (Å²) in [4.78, 5) is 11.5. The van der Waals surface area contributed by atoms with Crippen LogP contribution in [0, 0.1) is 6.92 Å². The van der Waals surface area contributed by atoms with Gasteiger partial charge in [-0.3, -0.25) is 0 Å². The van der Waals surface area contributed by atoms with E-state index in [1.54, 1.807) is 0 Å². The third-order valence-corrected chi connectivity index (χ3v) is 4.81. The zero-order valence-corrected chi connectivity index (χ0v) is 14.2. The zero-order valence-electron chi connectivity index (χ0n) is 14.2. The summed E-state index contributed by atoms with van der Waals surface area (Å²) in [5, 5.41) is 3.42. The molecule has 126 valence electrons. The second-order valence-electron chi connectivity index (χ2n) is 6.61. The van der Waals surface area contributed by atoms with Crippen molar-refractivity contribution in [1.29, 1.82) is 0 Å². The van der Waals surface area contributed by atoms with Gasteiger partial charge < -0.3 is 15.0 Å². The van der Waals surface area contributed by atoms with E-state index in [9.17, 15) is 0 Å². The van der Waals surface area contributed by atoms with Crippen LogP contribution < -0.4 is 10.2 Å². The van der Waals surface area contributed by atoms with Crippen LogP contribution >= 0.6 is 0 Å². The molecule has 2 aliphatic heterocycles. The first-order chi connectivity index (χ1) is 11.8. The molecule has 1 atom stereocenters. The SMILES string of the molecule is Cc1nc(NCC2CCCO2)cc(N2CCc3ccccc3C2)n1. The molecule has 24 heavy (non-hydrogen) atoms. The van der Waals surface area contributed by atoms with Crippen molar-refractivity contribution in [3.63, 3.8) is 0 Å². The van der Waals surface area contributed by atoms with Gasteiger partial charge in [0.25, 0.3) is 0 Å². The lowest BCUT2D eigenvalue weighted by atomic mass is 10.00. The molecule has 0 saturated carbocycles. The molecule has 2 aromatic rings. The average molecular weight is 324 g/mol. The van der Waals surface area contributed by atoms with Crippen LogP contribution in [0.25, 0.3) is 0 Å². The van der Waals surface area contributed by atoms with Crippen LogP contribution in [0.4, 0.5) is 11.6 Å². The predicted molar refractivity (Wildman–Crippen MR) is 95.4 cm³/mol. The number of ether oxygens (including phenoxy) is 1. The summed E-state index contributed by atoms with van der Waals surface area (Å²) in [7, 11) is 0. The molecule has 1 N–H and O–H groups in total. The molecule has 3 heterocycles. The summed E-state index contributed by atoms with van der Waals surface area (Å²) in [6, 6.07) is 10.7. The van der Waals surface area contributed by atoms with Crippen LogP contribution in [0.5, 0.6) is 0 Å². The topological polar surface area (TPSA) is 50.3 Å². The fourth-order valence-corrected chi connectivity index (χ4v) is 3.52. The maximum absolute atomic E-state index is 5.67. The minimum absolute atomic E-state index is 0.311. The summed E-state index contributed by atoms with van der Waals surface area (Å²) in [6.45, 7) is 5.57. The molecule has 1 saturated heterocycles. The van der Waals surface area contributed by atoms with E-state index in [1.165, 1.54) is 11.1 Å². The molecule has 4 rings (SSSR count). The second-order valence-corrected chi connectivity index (χ2v) is 6.61. The minimum atomic E-state index is 0.311. The normalized spacial score (nSPS) is 20.0. The molecule has 5 heteroatoms. The van der Waals surface area contributed by atoms with Crippen LogP contribution in [0.15, 0.2) is 30.3 Å². The Balaban J connectivity index is 1.49. The fourth-order valence-electron chi connectivity index (χ4n) is 3.52. The summed E-state index contributed by atoms with van der Waals surface area (Å²) in [5.74, 6) is 2.71. The van der Waals surface area contributed by atoms with E-state index in [2.05, 4.69) is 50.5 Å². The molecule has 5 nitrogen and oxygen atoms in total. The lowest BCUT2D eigenvalue weighted by molar-refractivity contribution is 0.120. The van der Waals surface area contributed by atoms with Crippen molar-refractivity contribution in [3.05, 3.63) is 47.3 Å². The lowest BCUT2D eigenvalue weighted by Crippen LogP contribution is -2.31. The monoisotopic (exact) mass is 324 g/mol. The maximum Gasteiger partial charge on any atom is 0.134 e. The first kappa shape index (κ1) is 15.4. The molecule has 0 bridgehead atoms. The zero-order chi connectivity index (χ0) is 16.4. The van der Waals surface area contributed by atoms with Gasteiger partial charge in [0.05, 0.1) is 6.10 Å². The van der Waals surface area contributed by atoms with Gasteiger partial charge in [0, 0.05) is 32.3 Å². The van der Waals surface area contributed by atoms with E-state index in [-0.39, 0.29) is 0 Å². The third-order valence-electron chi connectivity index (χ3n) is 4.81. The number of nitrogens with zero attached hydrogens (tertiary/aromatic N) is 3. The highest BCUT2D eigenvalue weighted by Crippen LogP contribution is 2.24. The van der Waals surface area contributed by atoms with E-state index in [0.717, 1.165) is 63.0 Å². The summed E-state index contributed by atoms with van der Waals surface area (Å²) < 4.78 is 5.67. The number of hydrogen-bond donors (Lipinski definition) is 1. The van der Waals surface area contributed by atoms with Crippen molar-refractivity contribution in [2.45, 2.75) is 38.8 Å². The quantitative estimate of drug-likeness (QED) is 0.937. The Bertz CT molecular complexity index is 712. The lowest BCUT2D eigenvalue weighted by Gasteiger charge is -2.30. The molecule has 1 unspecified atom stereocenters. The largest absolute Gasteiger partial charge is 0.376 e. The molecule has 1 aromatic carbocycles. The molecule has 0 aliphatic carbocycles. The van der Waals surface area contributed by atoms with Gasteiger partial charge in [0.1, 0.15) is 17.5 Å². The molecular formula is C19H24N4O. The van der Waals surface area contributed by atoms with Crippen LogP contribution in [-0.4, -0.2) is 35.8 Å². The van der Waals surface area contributed by atoms with Crippen LogP contribution in [0.3, 0.4) is 0 Å². The second kappa shape index (κ2) is 6.77. The van der Waals surface area contributed by atoms with Gasteiger partial charge in [-0.1, -0.05) is 24.3 Å². The molecule has 0 amide bonds. The van der Waals surface area contributed by atoms with Crippen LogP contribution in [0.2, 0.25) is 0 Å². The van der Waals surface area contributed by atoms with Gasteiger partial charge in [-0.25, -0.2) is 9.97 Å². The Morgan fingerprint density at radius 2 is 2.12 bits per heavy atom. The number of hydrogen-bond acceptors (Lipinski definition) is 5. The summed E-state index contributed by atoms with van der Waals surface area (Å²) >= 11 is 0. The Morgan fingerprint density at radius 3 is 2.96 bits per heavy atom. The Labute approximate surface area is 143 Å². The Morgan fingerprint density at radius 1 is 1.25 bits per heavy atom. The molecule has 0 radical (unpaired) electrons. The third kappa shape index (κ3) is 3.36. The van der Waals surface area contributed by atoms with Crippen LogP contribution in [0.1, 0.15) is 29.8 Å². The minimum Gasteiger partial charge on any atom is -0.376 e. The number of anilines is 2. The number of benzene rings is 1. The van der Waals surface area contributed by atoms with Gasteiger partial charge in [0.15, 0.2) is 0 Å². The summed E-state index contributed by atoms with van der Waals surface area (Å²) in [6.07, 6.45) is 3.67. The number of nitrogens with one attached hydrogen (secondary N) is 1. The maximum atomic E-state index is 5.67.